The molecule has 0 atom stereocenters. The molecule has 4 heavy (non-hydrogen) atoms. The van der Waals surface area contributed by atoms with Crippen LogP contribution in [-0.2, 0) is 5.48 Å². The molecule has 0 amide bonds. The molecule has 0 rings (SSSR count). The van der Waals surface area contributed by atoms with Crippen molar-refractivity contribution in [3.05, 3.63) is 0 Å². The molecule has 3 heteroatoms. The third-order valence-corrected chi connectivity index (χ3v) is 0. The summed E-state index contributed by atoms with van der Waals surface area (Å²) in [6.07, 6.45) is 0. The van der Waals surface area contributed by atoms with Gasteiger partial charge in [-0.3, -0.25) is 0 Å². The Kier molecular flexibility index (Phi) is 436. The summed E-state index contributed by atoms with van der Waals surface area (Å²) in [5.74, 6) is 0. The summed E-state index contributed by atoms with van der Waals surface area (Å²) in [6.45, 7) is 0. The van der Waals surface area contributed by atoms with Crippen molar-refractivity contribution in [1.29, 1.82) is 0 Å². The molecule has 0 aliphatic carbocycles. The molecule has 0 saturated carbocycles. The maximum absolute atomic E-state index is 0. The van der Waals surface area contributed by atoms with E-state index in [1.165, 1.54) is 0 Å². The van der Waals surface area contributed by atoms with E-state index in [2.05, 4.69) is 0 Å². The summed E-state index contributed by atoms with van der Waals surface area (Å²) in [5, 5.41) is 0. The normalized spacial score (nSPS) is 0. The van der Waals surface area contributed by atoms with Crippen LogP contribution in [0.3, 0.4) is 0 Å². The van der Waals surface area contributed by atoms with Crippen molar-refractivity contribution in [2.45, 2.75) is 7.43 Å². The molecule has 0 unspecified atom stereocenters. The minimum atomic E-state index is 0. The van der Waals surface area contributed by atoms with Crippen LogP contribution in [-0.4, -0.2) is 29.6 Å². The maximum Gasteiger partial charge on any atom is 0 e. The molecule has 3 radical (unpaired) electrons. The average Bonchev–Trinajstić information content (AvgIpc) is 0. The molecule has 0 bridgehead atoms. The molecule has 0 aliphatic rings. The Bertz CT molecular complexity index is 8.00. The molecule has 23 valence electrons. The maximum atomic E-state index is 0. The third-order valence-electron chi connectivity index (χ3n) is 0. The van der Waals surface area contributed by atoms with Crippen LogP contribution < -0.4 is 0 Å². The molecule has 0 aliphatic heterocycles. The Morgan fingerprint density at radius 3 is 1.00 bits per heavy atom. The first-order valence-electron chi connectivity index (χ1n) is 0. The number of hydrogen-bond donors (Lipinski definition) is 0. The molecule has 0 heterocycles. The minimum Gasteiger partial charge on any atom is -0.147 e. The molecule has 0 aromatic carbocycles. The number of rotatable bonds is 0. The standard InChI is InChI=1S/CH4.ClH.Na.O/h1H4;1H;;. The van der Waals surface area contributed by atoms with Gasteiger partial charge in [0.2, 0.25) is 0 Å². The van der Waals surface area contributed by atoms with E-state index in [4.69, 9.17) is 0 Å². The third kappa shape index (κ3) is 10.5. The van der Waals surface area contributed by atoms with E-state index in [1.807, 2.05) is 0 Å². The first-order chi connectivity index (χ1) is 0. The van der Waals surface area contributed by atoms with Gasteiger partial charge in [0.1, 0.15) is 0 Å². The van der Waals surface area contributed by atoms with Crippen molar-refractivity contribution in [2.75, 3.05) is 0 Å². The number of halogens is 1. The van der Waals surface area contributed by atoms with Crippen LogP contribution in [0.1, 0.15) is 7.43 Å². The van der Waals surface area contributed by atoms with Crippen LogP contribution in [0.4, 0.5) is 0 Å². The van der Waals surface area contributed by atoms with Crippen LogP contribution in [0.5, 0.6) is 0 Å². The van der Waals surface area contributed by atoms with Crippen molar-refractivity contribution in [3.63, 3.8) is 0 Å². The zero-order chi connectivity index (χ0) is 0. The summed E-state index contributed by atoms with van der Waals surface area (Å²) >= 11 is 0. The first kappa shape index (κ1) is 60.7. The smallest absolute Gasteiger partial charge is 0 e. The fraction of sp³-hybridized carbons (Fsp3) is 1.00. The van der Waals surface area contributed by atoms with Gasteiger partial charge in [0.15, 0.2) is 0 Å². The second kappa shape index (κ2) is 28.7. The second-order valence-electron chi connectivity index (χ2n) is 0. The average molecular weight is 91.5 g/mol. The Morgan fingerprint density at radius 2 is 1.00 bits per heavy atom. The Morgan fingerprint density at radius 1 is 1.00 bits per heavy atom. The van der Waals surface area contributed by atoms with Crippen molar-refractivity contribution in [2.24, 2.45) is 0 Å². The summed E-state index contributed by atoms with van der Waals surface area (Å²) in [7, 11) is 0. The van der Waals surface area contributed by atoms with E-state index in [-0.39, 0.29) is 54.9 Å². The van der Waals surface area contributed by atoms with E-state index in [9.17, 15) is 0 Å². The van der Waals surface area contributed by atoms with Gasteiger partial charge in [0, 0.05) is 35.0 Å². The van der Waals surface area contributed by atoms with Crippen LogP contribution in [0.2, 0.25) is 0 Å². The number of hydrogen-bond acceptors (Lipinski definition) is 0. The molecule has 0 aromatic rings. The Hall–Kier alpha value is 1.25. The quantitative estimate of drug-likeness (QED) is 0.390. The van der Waals surface area contributed by atoms with Gasteiger partial charge in [-0.15, -0.1) is 12.4 Å². The van der Waals surface area contributed by atoms with E-state index in [0.717, 1.165) is 0 Å². The van der Waals surface area contributed by atoms with E-state index in [1.54, 1.807) is 0 Å². The van der Waals surface area contributed by atoms with Crippen LogP contribution in [0.25, 0.3) is 0 Å². The largest absolute Gasteiger partial charge is 0.147 e. The summed E-state index contributed by atoms with van der Waals surface area (Å²) in [4.78, 5) is 0. The zero-order valence-electron chi connectivity index (χ0n) is 1.82. The van der Waals surface area contributed by atoms with Crippen LogP contribution in [0.15, 0.2) is 0 Å². The van der Waals surface area contributed by atoms with E-state index < -0.39 is 0 Å². The van der Waals surface area contributed by atoms with Crippen molar-refractivity contribution < 1.29 is 5.48 Å². The Labute approximate surface area is 54.8 Å². The van der Waals surface area contributed by atoms with Gasteiger partial charge in [-0.25, -0.2) is 0 Å². The van der Waals surface area contributed by atoms with Crippen molar-refractivity contribution >= 4 is 42.0 Å². The molecule has 0 spiro atoms. The summed E-state index contributed by atoms with van der Waals surface area (Å²) in [5.41, 5.74) is 0. The molecule has 0 saturated heterocycles. The second-order valence-corrected chi connectivity index (χ2v) is 0. The van der Waals surface area contributed by atoms with Gasteiger partial charge in [0.05, 0.1) is 0 Å². The molecule has 1 nitrogen and oxygen atoms in total. The van der Waals surface area contributed by atoms with Gasteiger partial charge in [-0.1, -0.05) is 7.43 Å². The fourth-order valence-corrected chi connectivity index (χ4v) is 0. The molecular weight excluding hydrogens is 86.5 g/mol. The van der Waals surface area contributed by atoms with E-state index in [0.29, 0.717) is 0 Å². The van der Waals surface area contributed by atoms with Crippen molar-refractivity contribution in [3.8, 4) is 0 Å². The topological polar surface area (TPSA) is 28.5 Å². The predicted octanol–water partition coefficient (Wildman–Crippen LogP) is 0.558. The van der Waals surface area contributed by atoms with E-state index >= 15 is 0 Å². The molecule has 0 aromatic heterocycles. The van der Waals surface area contributed by atoms with Gasteiger partial charge < -0.3 is 0 Å². The van der Waals surface area contributed by atoms with Crippen molar-refractivity contribution in [1.82, 2.24) is 0 Å². The SMILES string of the molecule is C.Cl.[Na].[O]. The van der Waals surface area contributed by atoms with Crippen LogP contribution in [0, 0.1) is 0 Å². The summed E-state index contributed by atoms with van der Waals surface area (Å²) in [6, 6.07) is 0. The predicted molar refractivity (Wildman–Crippen MR) is 20.4 cm³/mol. The monoisotopic (exact) mass is 91.0 g/mol. The summed E-state index contributed by atoms with van der Waals surface area (Å²) < 4.78 is 0. The Balaban J connectivity index is 0. The van der Waals surface area contributed by atoms with Gasteiger partial charge in [-0.05, 0) is 0 Å². The molecule has 0 fully saturated rings. The van der Waals surface area contributed by atoms with Crippen LogP contribution >= 0.6 is 12.4 Å². The zero-order valence-corrected chi connectivity index (χ0v) is 4.63. The minimum absolute atomic E-state index is 0. The van der Waals surface area contributed by atoms with Gasteiger partial charge >= 0.3 is 0 Å². The molecular formula is CH5ClNaO. The molecule has 0 N–H and O–H groups in total. The fourth-order valence-electron chi connectivity index (χ4n) is 0. The van der Waals surface area contributed by atoms with Gasteiger partial charge in [0.25, 0.3) is 0 Å². The van der Waals surface area contributed by atoms with Gasteiger partial charge in [-0.2, -0.15) is 0 Å². The first-order valence-corrected chi connectivity index (χ1v) is 0.